The molecule has 0 N–H and O–H groups in total. The number of hydrogen-bond donors (Lipinski definition) is 0. The summed E-state index contributed by atoms with van der Waals surface area (Å²) in [6.07, 6.45) is 1.59. The molecule has 0 saturated carbocycles. The molecule has 0 saturated heterocycles. The van der Waals surface area contributed by atoms with Crippen molar-refractivity contribution in [3.8, 4) is 17.2 Å². The third-order valence-electron chi connectivity index (χ3n) is 3.31. The first kappa shape index (κ1) is 18.7. The highest BCUT2D eigenvalue weighted by atomic mass is 35.5. The van der Waals surface area contributed by atoms with E-state index >= 15 is 0 Å². The van der Waals surface area contributed by atoms with Crippen LogP contribution < -0.4 is 14.2 Å². The van der Waals surface area contributed by atoms with Crippen LogP contribution in [-0.4, -0.2) is 39.0 Å². The van der Waals surface area contributed by atoms with Crippen molar-refractivity contribution in [2.45, 2.75) is 0 Å². The van der Waals surface area contributed by atoms with Gasteiger partial charge < -0.3 is 19.1 Å². The van der Waals surface area contributed by atoms with Crippen molar-refractivity contribution in [2.75, 3.05) is 28.3 Å². The number of hydrogen-bond acceptors (Lipinski definition) is 5. The van der Waals surface area contributed by atoms with Crippen LogP contribution in [0.15, 0.2) is 54.4 Å². The lowest BCUT2D eigenvalue weighted by Crippen LogP contribution is -2.15. The van der Waals surface area contributed by atoms with Crippen LogP contribution >= 0.6 is 11.6 Å². The van der Waals surface area contributed by atoms with E-state index in [9.17, 15) is 4.79 Å². The number of Topliss-reactive ketones (excluding diaryl/α,β-unsaturated/α-hetero) is 1. The number of nitrogens with zero attached hydrogens (tertiary/aromatic N) is 1. The minimum Gasteiger partial charge on any atom is -0.497 e. The van der Waals surface area contributed by atoms with Crippen LogP contribution in [0.5, 0.6) is 17.2 Å². The van der Waals surface area contributed by atoms with Gasteiger partial charge in [-0.15, -0.1) is 0 Å². The molecule has 0 fully saturated rings. The molecule has 2 aromatic carbocycles. The first-order valence-corrected chi connectivity index (χ1v) is 7.91. The van der Waals surface area contributed by atoms with Crippen molar-refractivity contribution in [3.63, 3.8) is 0 Å². The van der Waals surface area contributed by atoms with E-state index in [2.05, 4.69) is 0 Å². The topological polar surface area (TPSA) is 48.0 Å². The molecule has 2 rings (SSSR count). The van der Waals surface area contributed by atoms with Crippen LogP contribution in [0.1, 0.15) is 10.4 Å². The maximum atomic E-state index is 13.0. The van der Waals surface area contributed by atoms with E-state index in [-0.39, 0.29) is 11.5 Å². The molecular formula is C19H20ClNO4. The van der Waals surface area contributed by atoms with Gasteiger partial charge in [0.1, 0.15) is 17.2 Å². The summed E-state index contributed by atoms with van der Waals surface area (Å²) in [7, 11) is 6.65. The van der Waals surface area contributed by atoms with Gasteiger partial charge in [-0.25, -0.2) is 0 Å². The van der Waals surface area contributed by atoms with E-state index in [0.717, 1.165) is 0 Å². The number of allylic oxidation sites excluding steroid dienone is 1. The minimum absolute atomic E-state index is 0.126. The van der Waals surface area contributed by atoms with Gasteiger partial charge in [0.05, 0.1) is 24.8 Å². The Labute approximate surface area is 152 Å². The Morgan fingerprint density at radius 3 is 2.36 bits per heavy atom. The van der Waals surface area contributed by atoms with Crippen LogP contribution in [0.4, 0.5) is 0 Å². The van der Waals surface area contributed by atoms with E-state index in [1.54, 1.807) is 74.8 Å². The fraction of sp³-hybridized carbons (Fsp3) is 0.211. The number of ether oxygens (including phenoxy) is 3. The van der Waals surface area contributed by atoms with Crippen LogP contribution in [0.3, 0.4) is 0 Å². The summed E-state index contributed by atoms with van der Waals surface area (Å²) in [4.78, 5) is 14.7. The molecule has 0 radical (unpaired) electrons. The number of para-hydroxylation sites is 1. The van der Waals surface area contributed by atoms with E-state index in [1.165, 1.54) is 7.11 Å². The molecule has 0 bridgehead atoms. The maximum absolute atomic E-state index is 13.0. The second-order valence-corrected chi connectivity index (χ2v) is 5.79. The van der Waals surface area contributed by atoms with E-state index in [0.29, 0.717) is 27.8 Å². The van der Waals surface area contributed by atoms with Crippen LogP contribution in [0.2, 0.25) is 5.02 Å². The third kappa shape index (κ3) is 4.67. The van der Waals surface area contributed by atoms with Gasteiger partial charge in [-0.1, -0.05) is 23.7 Å². The Hall–Kier alpha value is -2.66. The maximum Gasteiger partial charge on any atom is 0.233 e. The summed E-state index contributed by atoms with van der Waals surface area (Å²) in [6, 6.07) is 12.0. The molecular weight excluding hydrogens is 342 g/mol. The van der Waals surface area contributed by atoms with Gasteiger partial charge in [0.2, 0.25) is 5.78 Å². The second-order valence-electron chi connectivity index (χ2n) is 5.38. The number of ketones is 1. The molecule has 0 amide bonds. The lowest BCUT2D eigenvalue weighted by molar-refractivity contribution is 0.0979. The Kier molecular flexibility index (Phi) is 6.31. The Balaban J connectivity index is 2.42. The van der Waals surface area contributed by atoms with Gasteiger partial charge in [-0.05, 0) is 24.3 Å². The molecule has 0 heterocycles. The van der Waals surface area contributed by atoms with Crippen LogP contribution in [0, 0.1) is 0 Å². The van der Waals surface area contributed by atoms with Crippen molar-refractivity contribution in [1.82, 2.24) is 4.90 Å². The number of rotatable bonds is 7. The van der Waals surface area contributed by atoms with Crippen molar-refractivity contribution in [2.24, 2.45) is 0 Å². The normalized spacial score (nSPS) is 11.0. The number of halogens is 1. The molecule has 6 heteroatoms. The highest BCUT2D eigenvalue weighted by Gasteiger charge is 2.21. The Morgan fingerprint density at radius 1 is 1.04 bits per heavy atom. The summed E-state index contributed by atoms with van der Waals surface area (Å²) >= 11 is 6.14. The molecule has 0 spiro atoms. The van der Waals surface area contributed by atoms with Crippen molar-refractivity contribution in [1.29, 1.82) is 0 Å². The molecule has 5 nitrogen and oxygen atoms in total. The van der Waals surface area contributed by atoms with Gasteiger partial charge in [0, 0.05) is 26.4 Å². The van der Waals surface area contributed by atoms with Gasteiger partial charge in [-0.2, -0.15) is 0 Å². The number of methoxy groups -OCH3 is 2. The number of carbonyl (C=O) groups is 1. The predicted molar refractivity (Wildman–Crippen MR) is 97.7 cm³/mol. The van der Waals surface area contributed by atoms with Crippen LogP contribution in [-0.2, 0) is 0 Å². The van der Waals surface area contributed by atoms with Crippen LogP contribution in [0.25, 0.3) is 0 Å². The highest BCUT2D eigenvalue weighted by molar-refractivity contribution is 6.32. The van der Waals surface area contributed by atoms with Gasteiger partial charge in [-0.3, -0.25) is 4.79 Å². The summed E-state index contributed by atoms with van der Waals surface area (Å²) in [5.41, 5.74) is 0.364. The molecule has 0 aliphatic rings. The smallest absolute Gasteiger partial charge is 0.233 e. The second kappa shape index (κ2) is 8.44. The fourth-order valence-corrected chi connectivity index (χ4v) is 2.30. The van der Waals surface area contributed by atoms with E-state index in [1.807, 2.05) is 0 Å². The molecule has 132 valence electrons. The molecule has 0 atom stereocenters. The summed E-state index contributed by atoms with van der Waals surface area (Å²) in [5.74, 6) is 1.20. The predicted octanol–water partition coefficient (Wildman–Crippen LogP) is 4.02. The summed E-state index contributed by atoms with van der Waals surface area (Å²) in [6.45, 7) is 0. The summed E-state index contributed by atoms with van der Waals surface area (Å²) < 4.78 is 16.3. The van der Waals surface area contributed by atoms with Crippen molar-refractivity contribution in [3.05, 3.63) is 65.0 Å². The van der Waals surface area contributed by atoms with Gasteiger partial charge in [0.15, 0.2) is 5.76 Å². The first-order valence-electron chi connectivity index (χ1n) is 7.53. The molecule has 2 aromatic rings. The van der Waals surface area contributed by atoms with E-state index in [4.69, 9.17) is 25.8 Å². The molecule has 0 aliphatic heterocycles. The fourth-order valence-electron chi connectivity index (χ4n) is 2.13. The minimum atomic E-state index is -0.326. The van der Waals surface area contributed by atoms with Crippen molar-refractivity contribution < 1.29 is 19.0 Å². The Morgan fingerprint density at radius 2 is 1.76 bits per heavy atom. The van der Waals surface area contributed by atoms with Gasteiger partial charge in [0.25, 0.3) is 0 Å². The molecule has 0 aliphatic carbocycles. The number of carbonyl (C=O) groups excluding carboxylic acids is 1. The Bertz CT molecular complexity index is 787. The molecule has 0 unspecified atom stereocenters. The third-order valence-corrected chi connectivity index (χ3v) is 3.62. The number of benzene rings is 2. The standard InChI is InChI=1S/C19H20ClNO4/c1-21(2)12-18(25-16-8-6-5-7-15(16)20)19(22)14-10-9-13(23-3)11-17(14)24-4/h5-12H,1-4H3/b18-12-. The largest absolute Gasteiger partial charge is 0.497 e. The first-order chi connectivity index (χ1) is 12.0. The molecule has 0 aromatic heterocycles. The lowest BCUT2D eigenvalue weighted by Gasteiger charge is -2.15. The quantitative estimate of drug-likeness (QED) is 0.423. The average Bonchev–Trinajstić information content (AvgIpc) is 2.61. The van der Waals surface area contributed by atoms with E-state index < -0.39 is 0 Å². The molecule has 25 heavy (non-hydrogen) atoms. The average molecular weight is 362 g/mol. The zero-order chi connectivity index (χ0) is 18.4. The summed E-state index contributed by atoms with van der Waals surface area (Å²) in [5, 5.41) is 0.418. The SMILES string of the molecule is COc1ccc(C(=O)/C(=C/N(C)C)Oc2ccccc2Cl)c(OC)c1. The monoisotopic (exact) mass is 361 g/mol. The zero-order valence-corrected chi connectivity index (χ0v) is 15.3. The lowest BCUT2D eigenvalue weighted by atomic mass is 10.1. The zero-order valence-electron chi connectivity index (χ0n) is 14.6. The van der Waals surface area contributed by atoms with Crippen molar-refractivity contribution >= 4 is 17.4 Å². The van der Waals surface area contributed by atoms with Gasteiger partial charge >= 0.3 is 0 Å². The highest BCUT2D eigenvalue weighted by Crippen LogP contribution is 2.30.